The molecule has 0 aromatic carbocycles. The molecule has 0 unspecified atom stereocenters. The summed E-state index contributed by atoms with van der Waals surface area (Å²) in [5.41, 5.74) is 2.90. The van der Waals surface area contributed by atoms with Gasteiger partial charge in [-0.25, -0.2) is 0 Å². The summed E-state index contributed by atoms with van der Waals surface area (Å²) < 4.78 is 0. The van der Waals surface area contributed by atoms with Gasteiger partial charge in [0.1, 0.15) is 0 Å². The van der Waals surface area contributed by atoms with Gasteiger partial charge in [0, 0.05) is 19.3 Å². The molecule has 1 heterocycles. The molecule has 1 heteroatoms. The summed E-state index contributed by atoms with van der Waals surface area (Å²) in [6, 6.07) is 0. The fourth-order valence-corrected chi connectivity index (χ4v) is 1.10. The van der Waals surface area contributed by atoms with Crippen LogP contribution in [0.1, 0.15) is 20.3 Å². The van der Waals surface area contributed by atoms with Crippen LogP contribution in [0, 0.1) is 0 Å². The minimum absolute atomic E-state index is 1.06. The molecular formula is C9H15N. The highest BCUT2D eigenvalue weighted by molar-refractivity contribution is 5.15. The summed E-state index contributed by atoms with van der Waals surface area (Å²) in [7, 11) is 2.13. The van der Waals surface area contributed by atoms with Gasteiger partial charge >= 0.3 is 0 Å². The van der Waals surface area contributed by atoms with Crippen LogP contribution in [0.2, 0.25) is 0 Å². The van der Waals surface area contributed by atoms with Crippen molar-refractivity contribution in [3.8, 4) is 0 Å². The van der Waals surface area contributed by atoms with E-state index in [9.17, 15) is 0 Å². The SMILES string of the molecule is CC1=C(C)N(C)CC=CC1. The lowest BCUT2D eigenvalue weighted by molar-refractivity contribution is 0.462. The Morgan fingerprint density at radius 2 is 2.00 bits per heavy atom. The standard InChI is InChI=1S/C9H15N/c1-8-6-4-5-7-10(3)9(8)2/h4-5H,6-7H2,1-3H3. The van der Waals surface area contributed by atoms with E-state index in [1.807, 2.05) is 0 Å². The van der Waals surface area contributed by atoms with Crippen molar-refractivity contribution in [2.24, 2.45) is 0 Å². The number of likely N-dealkylation sites (N-methyl/N-ethyl adjacent to an activating group) is 1. The fourth-order valence-electron chi connectivity index (χ4n) is 1.10. The van der Waals surface area contributed by atoms with E-state index in [0.29, 0.717) is 0 Å². The predicted octanol–water partition coefficient (Wildman–Crippen LogP) is 2.17. The van der Waals surface area contributed by atoms with Crippen molar-refractivity contribution in [1.29, 1.82) is 0 Å². The molecule has 0 aromatic rings. The Balaban J connectivity index is 2.80. The Morgan fingerprint density at radius 3 is 2.70 bits per heavy atom. The van der Waals surface area contributed by atoms with E-state index < -0.39 is 0 Å². The maximum Gasteiger partial charge on any atom is 0.0353 e. The lowest BCUT2D eigenvalue weighted by atomic mass is 10.2. The van der Waals surface area contributed by atoms with Gasteiger partial charge in [0.2, 0.25) is 0 Å². The molecule has 0 saturated carbocycles. The summed E-state index contributed by atoms with van der Waals surface area (Å²) in [5.74, 6) is 0. The summed E-state index contributed by atoms with van der Waals surface area (Å²) in [4.78, 5) is 2.28. The highest BCUT2D eigenvalue weighted by Gasteiger charge is 2.02. The normalized spacial score (nSPS) is 19.7. The van der Waals surface area contributed by atoms with Crippen molar-refractivity contribution in [3.05, 3.63) is 23.4 Å². The van der Waals surface area contributed by atoms with Crippen LogP contribution in [0.5, 0.6) is 0 Å². The van der Waals surface area contributed by atoms with Gasteiger partial charge in [-0.3, -0.25) is 0 Å². The largest absolute Gasteiger partial charge is 0.374 e. The Bertz CT molecular complexity index is 177. The topological polar surface area (TPSA) is 3.24 Å². The highest BCUT2D eigenvalue weighted by atomic mass is 15.1. The van der Waals surface area contributed by atoms with Crippen molar-refractivity contribution < 1.29 is 0 Å². The van der Waals surface area contributed by atoms with E-state index in [2.05, 4.69) is 37.9 Å². The van der Waals surface area contributed by atoms with E-state index in [1.165, 1.54) is 11.3 Å². The van der Waals surface area contributed by atoms with Gasteiger partial charge < -0.3 is 4.90 Å². The van der Waals surface area contributed by atoms with Gasteiger partial charge in [-0.05, 0) is 20.3 Å². The van der Waals surface area contributed by atoms with Crippen LogP contribution in [-0.4, -0.2) is 18.5 Å². The number of rotatable bonds is 0. The zero-order valence-electron chi connectivity index (χ0n) is 7.02. The molecule has 0 N–H and O–H groups in total. The first-order valence-electron chi connectivity index (χ1n) is 3.74. The molecule has 0 fully saturated rings. The first-order chi connectivity index (χ1) is 4.72. The van der Waals surface area contributed by atoms with E-state index in [4.69, 9.17) is 0 Å². The molecule has 0 amide bonds. The molecule has 0 saturated heterocycles. The van der Waals surface area contributed by atoms with E-state index in [1.54, 1.807) is 0 Å². The van der Waals surface area contributed by atoms with Crippen LogP contribution >= 0.6 is 0 Å². The summed E-state index contributed by atoms with van der Waals surface area (Å²) >= 11 is 0. The number of hydrogen-bond acceptors (Lipinski definition) is 1. The molecule has 10 heavy (non-hydrogen) atoms. The molecule has 0 spiro atoms. The zero-order valence-corrected chi connectivity index (χ0v) is 7.02. The molecule has 1 nitrogen and oxygen atoms in total. The highest BCUT2D eigenvalue weighted by Crippen LogP contribution is 2.14. The van der Waals surface area contributed by atoms with Crippen LogP contribution in [0.4, 0.5) is 0 Å². The fraction of sp³-hybridized carbons (Fsp3) is 0.556. The molecule has 0 aromatic heterocycles. The molecule has 1 rings (SSSR count). The van der Waals surface area contributed by atoms with Crippen molar-refractivity contribution in [2.75, 3.05) is 13.6 Å². The molecule has 1 aliphatic heterocycles. The third kappa shape index (κ3) is 1.41. The maximum absolute atomic E-state index is 2.28. The molecule has 0 radical (unpaired) electrons. The molecule has 0 atom stereocenters. The Kier molecular flexibility index (Phi) is 2.15. The zero-order chi connectivity index (χ0) is 7.56. The Hall–Kier alpha value is -0.720. The first kappa shape index (κ1) is 7.39. The molecule has 0 bridgehead atoms. The predicted molar refractivity (Wildman–Crippen MR) is 44.8 cm³/mol. The third-order valence-electron chi connectivity index (χ3n) is 2.16. The van der Waals surface area contributed by atoms with Crippen LogP contribution < -0.4 is 0 Å². The lowest BCUT2D eigenvalue weighted by Gasteiger charge is -2.18. The van der Waals surface area contributed by atoms with Crippen LogP contribution in [-0.2, 0) is 0 Å². The second kappa shape index (κ2) is 2.91. The van der Waals surface area contributed by atoms with E-state index in [0.717, 1.165) is 13.0 Å². The van der Waals surface area contributed by atoms with Gasteiger partial charge in [0.05, 0.1) is 0 Å². The third-order valence-corrected chi connectivity index (χ3v) is 2.16. The summed E-state index contributed by atoms with van der Waals surface area (Å²) in [6.45, 7) is 5.44. The monoisotopic (exact) mass is 137 g/mol. The minimum atomic E-state index is 1.06. The van der Waals surface area contributed by atoms with Crippen molar-refractivity contribution in [1.82, 2.24) is 4.90 Å². The van der Waals surface area contributed by atoms with Crippen LogP contribution in [0.3, 0.4) is 0 Å². The number of allylic oxidation sites excluding steroid dienone is 3. The minimum Gasteiger partial charge on any atom is -0.374 e. The summed E-state index contributed by atoms with van der Waals surface area (Å²) in [5, 5.41) is 0. The quantitative estimate of drug-likeness (QED) is 0.462. The van der Waals surface area contributed by atoms with Crippen molar-refractivity contribution >= 4 is 0 Å². The van der Waals surface area contributed by atoms with Crippen LogP contribution in [0.15, 0.2) is 23.4 Å². The Labute approximate surface area is 63.0 Å². The first-order valence-corrected chi connectivity index (χ1v) is 3.74. The second-order valence-corrected chi connectivity index (χ2v) is 2.92. The van der Waals surface area contributed by atoms with Crippen molar-refractivity contribution in [2.45, 2.75) is 20.3 Å². The van der Waals surface area contributed by atoms with Crippen LogP contribution in [0.25, 0.3) is 0 Å². The number of nitrogens with zero attached hydrogens (tertiary/aromatic N) is 1. The second-order valence-electron chi connectivity index (χ2n) is 2.92. The number of hydrogen-bond donors (Lipinski definition) is 0. The average molecular weight is 137 g/mol. The molecule has 0 aliphatic carbocycles. The van der Waals surface area contributed by atoms with E-state index >= 15 is 0 Å². The summed E-state index contributed by atoms with van der Waals surface area (Å²) in [6.07, 6.45) is 5.58. The lowest BCUT2D eigenvalue weighted by Crippen LogP contribution is -2.15. The molecular weight excluding hydrogens is 122 g/mol. The maximum atomic E-state index is 2.28. The van der Waals surface area contributed by atoms with Gasteiger partial charge in [0.15, 0.2) is 0 Å². The van der Waals surface area contributed by atoms with E-state index in [-0.39, 0.29) is 0 Å². The Morgan fingerprint density at radius 1 is 1.30 bits per heavy atom. The van der Waals surface area contributed by atoms with Gasteiger partial charge in [-0.1, -0.05) is 17.7 Å². The van der Waals surface area contributed by atoms with Gasteiger partial charge in [0.25, 0.3) is 0 Å². The smallest absolute Gasteiger partial charge is 0.0353 e. The molecule has 1 aliphatic rings. The molecule has 56 valence electrons. The van der Waals surface area contributed by atoms with Crippen molar-refractivity contribution in [3.63, 3.8) is 0 Å². The van der Waals surface area contributed by atoms with Gasteiger partial charge in [-0.2, -0.15) is 0 Å². The van der Waals surface area contributed by atoms with Gasteiger partial charge in [-0.15, -0.1) is 0 Å². The average Bonchev–Trinajstić information content (AvgIpc) is 2.04.